The molecule has 2 heterocycles. The molecule has 10 nitrogen and oxygen atoms in total. The molecule has 1 fully saturated rings. The van der Waals surface area contributed by atoms with Crippen molar-refractivity contribution in [2.45, 2.75) is 45.6 Å². The number of hydrogen-bond donors (Lipinski definition) is 4. The molecule has 2 amide bonds. The van der Waals surface area contributed by atoms with E-state index < -0.39 is 30.2 Å². The van der Waals surface area contributed by atoms with Crippen molar-refractivity contribution >= 4 is 28.5 Å². The third-order valence-corrected chi connectivity index (χ3v) is 7.36. The topological polar surface area (TPSA) is 127 Å². The number of anilines is 1. The maximum atomic E-state index is 14.1. The highest BCUT2D eigenvalue weighted by atomic mass is 32.1. The van der Waals surface area contributed by atoms with Gasteiger partial charge in [-0.15, -0.1) is 0 Å². The zero-order valence-corrected chi connectivity index (χ0v) is 23.0. The number of rotatable bonds is 15. The Balaban J connectivity index is 1.33. The summed E-state index contributed by atoms with van der Waals surface area (Å²) in [6, 6.07) is 1.47. The number of urea groups is 1. The molecule has 216 valence electrons. The van der Waals surface area contributed by atoms with Crippen molar-refractivity contribution in [1.82, 2.24) is 19.5 Å². The van der Waals surface area contributed by atoms with Crippen LogP contribution in [-0.2, 0) is 6.61 Å². The Morgan fingerprint density at radius 3 is 2.38 bits per heavy atom. The van der Waals surface area contributed by atoms with Gasteiger partial charge in [0.2, 0.25) is 5.88 Å². The molecule has 1 aromatic heterocycles. The Labute approximate surface area is 231 Å². The number of β-amino-alcohol motifs (C(OH)–C–C–N with tert-alkyl or cyclic N) is 1. The first-order valence-corrected chi connectivity index (χ1v) is 14.0. The number of halogens is 2. The number of nitrogens with one attached hydrogen (secondary N) is 2. The molecule has 3 rings (SSSR count). The molecule has 0 unspecified atom stereocenters. The summed E-state index contributed by atoms with van der Waals surface area (Å²) in [4.78, 5) is 28.8. The maximum absolute atomic E-state index is 14.1. The first-order valence-electron chi connectivity index (χ1n) is 13.2. The largest absolute Gasteiger partial charge is 0.477 e. The summed E-state index contributed by atoms with van der Waals surface area (Å²) < 4.78 is 37.1. The summed E-state index contributed by atoms with van der Waals surface area (Å²) >= 11 is 0.731. The minimum atomic E-state index is -1.36. The van der Waals surface area contributed by atoms with E-state index in [-0.39, 0.29) is 34.2 Å². The number of carboxylic acids is 1. The predicted octanol–water partition coefficient (Wildman–Crippen LogP) is 3.69. The fourth-order valence-electron chi connectivity index (χ4n) is 4.31. The second-order valence-electron chi connectivity index (χ2n) is 9.53. The first-order chi connectivity index (χ1) is 18.8. The van der Waals surface area contributed by atoms with E-state index in [1.165, 1.54) is 6.92 Å². The molecule has 13 heteroatoms. The van der Waals surface area contributed by atoms with Crippen LogP contribution in [0.2, 0.25) is 0 Å². The standard InChI is InChI=1S/C26H37F2N5O5S/c1-18-15-21(28)19(16-20(18)27)17-38-23-22(25(35)36)24(39-31-23)30-26(37)29-7-5-3-2-4-6-8-32-9-11-33(12-10-32)13-14-34/h15-16,34H,2-14,17H2,1H3,(H,35,36)(H2,29,30,37). The molecule has 39 heavy (non-hydrogen) atoms. The van der Waals surface area contributed by atoms with E-state index in [0.29, 0.717) is 6.54 Å². The molecule has 1 saturated heterocycles. The third-order valence-electron chi connectivity index (χ3n) is 6.61. The monoisotopic (exact) mass is 569 g/mol. The maximum Gasteiger partial charge on any atom is 0.344 e. The Morgan fingerprint density at radius 1 is 1.03 bits per heavy atom. The molecule has 2 aromatic rings. The molecular weight excluding hydrogens is 532 g/mol. The van der Waals surface area contributed by atoms with Crippen molar-refractivity contribution < 1.29 is 33.3 Å². The SMILES string of the molecule is Cc1cc(F)c(COc2nsc(NC(=O)NCCCCCCCN3CCN(CCO)CC3)c2C(=O)O)cc1F. The Morgan fingerprint density at radius 2 is 1.69 bits per heavy atom. The van der Waals surface area contributed by atoms with Crippen LogP contribution in [0.5, 0.6) is 5.88 Å². The van der Waals surface area contributed by atoms with Gasteiger partial charge < -0.3 is 25.2 Å². The number of carbonyl (C=O) groups is 2. The van der Waals surface area contributed by atoms with E-state index >= 15 is 0 Å². The number of aromatic carboxylic acids is 1. The fraction of sp³-hybridized carbons (Fsp3) is 0.577. The van der Waals surface area contributed by atoms with E-state index in [1.807, 2.05) is 0 Å². The molecule has 0 aliphatic carbocycles. The molecule has 4 N–H and O–H groups in total. The van der Waals surface area contributed by atoms with Crippen molar-refractivity contribution in [3.63, 3.8) is 0 Å². The second kappa shape index (κ2) is 15.7. The Bertz CT molecular complexity index is 1090. The molecule has 0 spiro atoms. The van der Waals surface area contributed by atoms with Crippen LogP contribution in [0.4, 0.5) is 18.6 Å². The van der Waals surface area contributed by atoms with Gasteiger partial charge in [0.15, 0.2) is 5.56 Å². The summed E-state index contributed by atoms with van der Waals surface area (Å²) in [7, 11) is 0. The van der Waals surface area contributed by atoms with Gasteiger partial charge in [-0.05, 0) is 55.5 Å². The van der Waals surface area contributed by atoms with Gasteiger partial charge in [0, 0.05) is 44.8 Å². The number of ether oxygens (including phenoxy) is 1. The first kappa shape index (κ1) is 30.7. The van der Waals surface area contributed by atoms with Gasteiger partial charge in [0.05, 0.1) is 6.61 Å². The number of aliphatic hydroxyl groups is 1. The number of amides is 2. The van der Waals surface area contributed by atoms with Crippen LogP contribution >= 0.6 is 11.5 Å². The summed E-state index contributed by atoms with van der Waals surface area (Å²) in [5.74, 6) is -2.92. The van der Waals surface area contributed by atoms with Gasteiger partial charge in [-0.3, -0.25) is 10.2 Å². The molecule has 1 aliphatic rings. The second-order valence-corrected chi connectivity index (χ2v) is 10.3. The van der Waals surface area contributed by atoms with Crippen molar-refractivity contribution in [3.8, 4) is 5.88 Å². The molecule has 0 bridgehead atoms. The highest BCUT2D eigenvalue weighted by Crippen LogP contribution is 2.31. The van der Waals surface area contributed by atoms with E-state index in [0.717, 1.165) is 95.0 Å². The normalized spacial score (nSPS) is 14.4. The molecular formula is C26H37F2N5O5S. The van der Waals surface area contributed by atoms with Crippen LogP contribution < -0.4 is 15.4 Å². The number of piperazine rings is 1. The van der Waals surface area contributed by atoms with Crippen molar-refractivity contribution in [3.05, 3.63) is 40.5 Å². The van der Waals surface area contributed by atoms with Crippen molar-refractivity contribution in [1.29, 1.82) is 0 Å². The number of aryl methyl sites for hydroxylation is 1. The van der Waals surface area contributed by atoms with E-state index in [4.69, 9.17) is 9.84 Å². The van der Waals surface area contributed by atoms with E-state index in [2.05, 4.69) is 24.8 Å². The lowest BCUT2D eigenvalue weighted by molar-refractivity contribution is 0.0693. The number of benzene rings is 1. The van der Waals surface area contributed by atoms with E-state index in [1.54, 1.807) is 0 Å². The number of carbonyl (C=O) groups excluding carboxylic acids is 1. The van der Waals surface area contributed by atoms with Crippen LogP contribution in [0.3, 0.4) is 0 Å². The van der Waals surface area contributed by atoms with Crippen LogP contribution in [0.1, 0.15) is 53.6 Å². The number of hydrogen-bond acceptors (Lipinski definition) is 8. The van der Waals surface area contributed by atoms with Crippen LogP contribution in [0, 0.1) is 18.6 Å². The van der Waals surface area contributed by atoms with Gasteiger partial charge in [-0.2, -0.15) is 4.37 Å². The number of aliphatic hydroxyl groups excluding tert-OH is 1. The fourth-order valence-corrected chi connectivity index (χ4v) is 5.03. The van der Waals surface area contributed by atoms with Gasteiger partial charge in [0.25, 0.3) is 0 Å². The van der Waals surface area contributed by atoms with Crippen LogP contribution in [0.15, 0.2) is 12.1 Å². The summed E-state index contributed by atoms with van der Waals surface area (Å²) in [6.45, 7) is 7.60. The lowest BCUT2D eigenvalue weighted by Crippen LogP contribution is -2.47. The smallest absolute Gasteiger partial charge is 0.344 e. The van der Waals surface area contributed by atoms with Crippen LogP contribution in [0.25, 0.3) is 0 Å². The van der Waals surface area contributed by atoms with Crippen LogP contribution in [-0.4, -0.2) is 88.8 Å². The van der Waals surface area contributed by atoms with Crippen molar-refractivity contribution in [2.75, 3.05) is 57.7 Å². The molecule has 1 aromatic carbocycles. The number of nitrogens with zero attached hydrogens (tertiary/aromatic N) is 3. The highest BCUT2D eigenvalue weighted by Gasteiger charge is 2.24. The summed E-state index contributed by atoms with van der Waals surface area (Å²) in [5, 5.41) is 23.8. The Hall–Kier alpha value is -2.87. The van der Waals surface area contributed by atoms with Gasteiger partial charge in [0.1, 0.15) is 23.2 Å². The number of carboxylic acid groups (broad SMARTS) is 1. The molecule has 0 saturated carbocycles. The average molecular weight is 570 g/mol. The number of aromatic nitrogens is 1. The summed E-state index contributed by atoms with van der Waals surface area (Å²) in [6.07, 6.45) is 5.09. The minimum absolute atomic E-state index is 0.0113. The molecule has 1 aliphatic heterocycles. The average Bonchev–Trinajstić information content (AvgIpc) is 3.30. The lowest BCUT2D eigenvalue weighted by Gasteiger charge is -2.34. The zero-order valence-electron chi connectivity index (χ0n) is 22.2. The molecule has 0 radical (unpaired) electrons. The van der Waals surface area contributed by atoms with Gasteiger partial charge in [-0.25, -0.2) is 18.4 Å². The van der Waals surface area contributed by atoms with Gasteiger partial charge in [-0.1, -0.05) is 19.3 Å². The Kier molecular flexibility index (Phi) is 12.3. The van der Waals surface area contributed by atoms with Gasteiger partial charge >= 0.3 is 12.0 Å². The summed E-state index contributed by atoms with van der Waals surface area (Å²) in [5.41, 5.74) is -0.279. The number of unbranched alkanes of at least 4 members (excludes halogenated alkanes) is 4. The predicted molar refractivity (Wildman–Crippen MR) is 145 cm³/mol. The quantitative estimate of drug-likeness (QED) is 0.239. The van der Waals surface area contributed by atoms with E-state index in [9.17, 15) is 23.5 Å². The van der Waals surface area contributed by atoms with Crippen molar-refractivity contribution in [2.24, 2.45) is 0 Å². The lowest BCUT2D eigenvalue weighted by atomic mass is 10.1. The highest BCUT2D eigenvalue weighted by molar-refractivity contribution is 7.11. The molecule has 0 atom stereocenters. The minimum Gasteiger partial charge on any atom is -0.477 e. The third kappa shape index (κ3) is 9.67. The zero-order chi connectivity index (χ0) is 28.2.